The third-order valence-electron chi connectivity index (χ3n) is 4.13. The van der Waals surface area contributed by atoms with Crippen molar-refractivity contribution in [3.63, 3.8) is 0 Å². The summed E-state index contributed by atoms with van der Waals surface area (Å²) in [7, 11) is 1.50. The van der Waals surface area contributed by atoms with Crippen LogP contribution in [0.25, 0.3) is 0 Å². The predicted molar refractivity (Wildman–Crippen MR) is 98.8 cm³/mol. The molecule has 3 N–H and O–H groups in total. The lowest BCUT2D eigenvalue weighted by atomic mass is 10.1. The molecule has 2 aromatic rings. The second-order valence-electron chi connectivity index (χ2n) is 5.94. The zero-order chi connectivity index (χ0) is 18.4. The number of nitrogens with zero attached hydrogens (tertiary/aromatic N) is 2. The zero-order valence-corrected chi connectivity index (χ0v) is 14.6. The number of nitrogen functional groups attached to an aromatic ring is 1. The number of nitrogens with one attached hydrogen (secondary N) is 1. The molecule has 1 heterocycles. The molecular weight excluding hydrogens is 320 g/mol. The molecule has 7 heteroatoms. The third kappa shape index (κ3) is 4.37. The molecule has 1 aromatic carbocycles. The minimum atomic E-state index is -0.647. The number of unbranched alkanes of at least 4 members (excludes halogenated alkanes) is 1. The second-order valence-corrected chi connectivity index (χ2v) is 5.94. The number of anilines is 2. The smallest absolute Gasteiger partial charge is 0.330 e. The number of nitrogens with two attached hydrogens (primary N) is 1. The number of carbonyl (C=O) groups excluding carboxylic acids is 1. The van der Waals surface area contributed by atoms with Gasteiger partial charge in [0.25, 0.3) is 5.56 Å². The van der Waals surface area contributed by atoms with E-state index >= 15 is 0 Å². The van der Waals surface area contributed by atoms with Crippen molar-refractivity contribution in [3.05, 3.63) is 56.7 Å². The first-order chi connectivity index (χ1) is 12.0. The molecular formula is C18H24N4O3. The van der Waals surface area contributed by atoms with Crippen LogP contribution < -0.4 is 21.9 Å². The first kappa shape index (κ1) is 18.5. The van der Waals surface area contributed by atoms with E-state index in [-0.39, 0.29) is 23.8 Å². The molecule has 0 saturated carbocycles. The van der Waals surface area contributed by atoms with Gasteiger partial charge in [0, 0.05) is 20.0 Å². The molecule has 7 nitrogen and oxygen atoms in total. The summed E-state index contributed by atoms with van der Waals surface area (Å²) >= 11 is 0. The van der Waals surface area contributed by atoms with E-state index in [1.165, 1.54) is 16.5 Å². The highest BCUT2D eigenvalue weighted by molar-refractivity contribution is 5.95. The number of hydrogen-bond acceptors (Lipinski definition) is 4. The fraction of sp³-hybridized carbons (Fsp3) is 0.389. The fourth-order valence-electron chi connectivity index (χ4n) is 2.63. The van der Waals surface area contributed by atoms with Crippen LogP contribution in [-0.2, 0) is 17.8 Å². The topological polar surface area (TPSA) is 101 Å². The average Bonchev–Trinajstić information content (AvgIpc) is 2.60. The quantitative estimate of drug-likeness (QED) is 0.795. The summed E-state index contributed by atoms with van der Waals surface area (Å²) in [6.45, 7) is 2.39. The van der Waals surface area contributed by atoms with E-state index in [9.17, 15) is 14.4 Å². The summed E-state index contributed by atoms with van der Waals surface area (Å²) in [4.78, 5) is 40.1. The number of aromatic amines is 1. The van der Waals surface area contributed by atoms with Gasteiger partial charge in [-0.3, -0.25) is 19.1 Å². The van der Waals surface area contributed by atoms with Gasteiger partial charge >= 0.3 is 5.69 Å². The van der Waals surface area contributed by atoms with Crippen LogP contribution in [0, 0.1) is 0 Å². The van der Waals surface area contributed by atoms with Crippen molar-refractivity contribution in [2.24, 2.45) is 0 Å². The summed E-state index contributed by atoms with van der Waals surface area (Å²) in [6.07, 6.45) is 2.44. The van der Waals surface area contributed by atoms with E-state index in [0.717, 1.165) is 18.4 Å². The molecule has 0 aliphatic carbocycles. The van der Waals surface area contributed by atoms with E-state index in [1.807, 2.05) is 37.3 Å². The average molecular weight is 344 g/mol. The summed E-state index contributed by atoms with van der Waals surface area (Å²) in [5.74, 6) is -0.209. The maximum Gasteiger partial charge on any atom is 0.330 e. The number of carbonyl (C=O) groups is 1. The van der Waals surface area contributed by atoms with Gasteiger partial charge in [-0.2, -0.15) is 0 Å². The normalized spacial score (nSPS) is 10.6. The van der Waals surface area contributed by atoms with E-state index in [1.54, 1.807) is 0 Å². The van der Waals surface area contributed by atoms with Crippen LogP contribution in [0.15, 0.2) is 39.9 Å². The largest absolute Gasteiger partial charge is 0.383 e. The minimum absolute atomic E-state index is 0.0220. The van der Waals surface area contributed by atoms with Gasteiger partial charge in [-0.1, -0.05) is 43.7 Å². The fourth-order valence-corrected chi connectivity index (χ4v) is 2.63. The van der Waals surface area contributed by atoms with Gasteiger partial charge in [0.05, 0.1) is 0 Å². The number of benzene rings is 1. The second kappa shape index (κ2) is 8.32. The molecule has 25 heavy (non-hydrogen) atoms. The van der Waals surface area contributed by atoms with E-state index in [4.69, 9.17) is 5.73 Å². The lowest BCUT2D eigenvalue weighted by Crippen LogP contribution is -2.39. The molecule has 0 aliphatic rings. The molecule has 0 saturated heterocycles. The Morgan fingerprint density at radius 1 is 1.24 bits per heavy atom. The molecule has 2 rings (SSSR count). The molecule has 1 amide bonds. The molecule has 0 spiro atoms. The highest BCUT2D eigenvalue weighted by Gasteiger charge is 2.20. The molecule has 134 valence electrons. The number of aromatic nitrogens is 2. The van der Waals surface area contributed by atoms with Crippen molar-refractivity contribution in [2.75, 3.05) is 17.7 Å². The van der Waals surface area contributed by atoms with Crippen LogP contribution >= 0.6 is 0 Å². The standard InChI is InChI=1S/C18H24N4O3/c1-3-4-12-22-16(19)15(17(24)20-18(22)25)21(2)14(23)11-10-13-8-6-5-7-9-13/h5-9H,3-4,10-12,19H2,1-2H3,(H,20,24,25). The predicted octanol–water partition coefficient (Wildman–Crippen LogP) is 1.51. The molecule has 0 aliphatic heterocycles. The summed E-state index contributed by atoms with van der Waals surface area (Å²) in [5.41, 5.74) is 5.89. The molecule has 0 bridgehead atoms. The van der Waals surface area contributed by atoms with E-state index < -0.39 is 11.2 Å². The Labute approximate surface area is 146 Å². The molecule has 0 unspecified atom stereocenters. The van der Waals surface area contributed by atoms with Gasteiger partial charge in [0.2, 0.25) is 5.91 Å². The first-order valence-electron chi connectivity index (χ1n) is 8.38. The molecule has 0 radical (unpaired) electrons. The van der Waals surface area contributed by atoms with Crippen LogP contribution in [0.2, 0.25) is 0 Å². The SMILES string of the molecule is CCCCn1c(N)c(N(C)C(=O)CCc2ccccc2)c(=O)[nH]c1=O. The van der Waals surface area contributed by atoms with Crippen LogP contribution in [0.1, 0.15) is 31.7 Å². The van der Waals surface area contributed by atoms with E-state index in [2.05, 4.69) is 4.98 Å². The number of hydrogen-bond donors (Lipinski definition) is 2. The lowest BCUT2D eigenvalue weighted by Gasteiger charge is -2.20. The summed E-state index contributed by atoms with van der Waals surface area (Å²) < 4.78 is 1.31. The lowest BCUT2D eigenvalue weighted by molar-refractivity contribution is -0.118. The van der Waals surface area contributed by atoms with Crippen molar-refractivity contribution in [1.29, 1.82) is 0 Å². The van der Waals surface area contributed by atoms with Crippen LogP contribution in [0.5, 0.6) is 0 Å². The Bertz CT molecular complexity index is 840. The number of aryl methyl sites for hydroxylation is 1. The van der Waals surface area contributed by atoms with Gasteiger partial charge in [-0.05, 0) is 18.4 Å². The molecule has 1 aromatic heterocycles. The van der Waals surface area contributed by atoms with Crippen LogP contribution in [-0.4, -0.2) is 22.5 Å². The Balaban J connectivity index is 2.22. The zero-order valence-electron chi connectivity index (χ0n) is 14.6. The molecule has 0 fully saturated rings. The summed E-state index contributed by atoms with van der Waals surface area (Å²) in [6, 6.07) is 9.63. The monoisotopic (exact) mass is 344 g/mol. The van der Waals surface area contributed by atoms with Crippen molar-refractivity contribution in [2.45, 2.75) is 39.2 Å². The van der Waals surface area contributed by atoms with Gasteiger partial charge in [0.15, 0.2) is 5.69 Å². The highest BCUT2D eigenvalue weighted by Crippen LogP contribution is 2.17. The Morgan fingerprint density at radius 3 is 2.56 bits per heavy atom. The highest BCUT2D eigenvalue weighted by atomic mass is 16.2. The van der Waals surface area contributed by atoms with Gasteiger partial charge in [0.1, 0.15) is 5.82 Å². The Morgan fingerprint density at radius 2 is 1.92 bits per heavy atom. The van der Waals surface area contributed by atoms with Gasteiger partial charge in [-0.25, -0.2) is 4.79 Å². The summed E-state index contributed by atoms with van der Waals surface area (Å²) in [5, 5.41) is 0. The van der Waals surface area contributed by atoms with E-state index in [0.29, 0.717) is 13.0 Å². The molecule has 0 atom stereocenters. The number of rotatable bonds is 7. The number of amides is 1. The van der Waals surface area contributed by atoms with Gasteiger partial charge in [-0.15, -0.1) is 0 Å². The van der Waals surface area contributed by atoms with Crippen molar-refractivity contribution in [3.8, 4) is 0 Å². The third-order valence-corrected chi connectivity index (χ3v) is 4.13. The Kier molecular flexibility index (Phi) is 6.16. The first-order valence-corrected chi connectivity index (χ1v) is 8.38. The van der Waals surface area contributed by atoms with Crippen molar-refractivity contribution >= 4 is 17.4 Å². The van der Waals surface area contributed by atoms with Crippen LogP contribution in [0.3, 0.4) is 0 Å². The van der Waals surface area contributed by atoms with Gasteiger partial charge < -0.3 is 10.6 Å². The Hall–Kier alpha value is -2.83. The van der Waals surface area contributed by atoms with Crippen LogP contribution in [0.4, 0.5) is 11.5 Å². The minimum Gasteiger partial charge on any atom is -0.383 e. The van der Waals surface area contributed by atoms with Crippen molar-refractivity contribution < 1.29 is 4.79 Å². The maximum atomic E-state index is 12.5. The number of H-pyrrole nitrogens is 1. The maximum absolute atomic E-state index is 12.5. The van der Waals surface area contributed by atoms with Crippen molar-refractivity contribution in [1.82, 2.24) is 9.55 Å².